The van der Waals surface area contributed by atoms with Crippen LogP contribution in [0.15, 0.2) is 53.3 Å². The van der Waals surface area contributed by atoms with E-state index in [-0.39, 0.29) is 29.9 Å². The summed E-state index contributed by atoms with van der Waals surface area (Å²) >= 11 is 0. The Bertz CT molecular complexity index is 1620. The molecule has 0 bridgehead atoms. The average molecular weight is 554 g/mol. The normalized spacial score (nSPS) is 19.8. The van der Waals surface area contributed by atoms with E-state index in [0.29, 0.717) is 23.6 Å². The van der Waals surface area contributed by atoms with Crippen molar-refractivity contribution in [3.63, 3.8) is 0 Å². The molecule has 1 N–H and O–H groups in total. The van der Waals surface area contributed by atoms with Crippen LogP contribution in [-0.4, -0.2) is 42.6 Å². The van der Waals surface area contributed by atoms with Gasteiger partial charge in [-0.3, -0.25) is 9.36 Å². The maximum Gasteiger partial charge on any atom is 0.259 e. The van der Waals surface area contributed by atoms with E-state index in [2.05, 4.69) is 19.9 Å². The van der Waals surface area contributed by atoms with Crippen LogP contribution in [0.25, 0.3) is 16.9 Å². The molecule has 5 rings (SSSR count). The molecule has 1 fully saturated rings. The fraction of sp³-hybridized carbons (Fsp3) is 0.455. The molecule has 1 unspecified atom stereocenters. The zero-order valence-electron chi connectivity index (χ0n) is 24.4. The highest BCUT2D eigenvalue weighted by Gasteiger charge is 2.35. The highest BCUT2D eigenvalue weighted by Crippen LogP contribution is 2.38. The van der Waals surface area contributed by atoms with Crippen molar-refractivity contribution in [3.8, 4) is 17.2 Å². The molecule has 0 amide bonds. The zero-order chi connectivity index (χ0) is 29.1. The molecular formula is C33H39N5O3. The second kappa shape index (κ2) is 12.0. The second-order valence-corrected chi connectivity index (χ2v) is 11.5. The van der Waals surface area contributed by atoms with Gasteiger partial charge in [-0.1, -0.05) is 55.8 Å². The Morgan fingerprint density at radius 1 is 1.17 bits per heavy atom. The van der Waals surface area contributed by atoms with E-state index < -0.39 is 0 Å². The number of nitriles is 1. The molecule has 214 valence electrons. The lowest BCUT2D eigenvalue weighted by Gasteiger charge is -2.39. The van der Waals surface area contributed by atoms with E-state index >= 15 is 0 Å². The van der Waals surface area contributed by atoms with Crippen molar-refractivity contribution in [3.05, 3.63) is 87.1 Å². The first kappa shape index (κ1) is 28.7. The number of aromatic nitrogens is 4. The Kier molecular flexibility index (Phi) is 8.39. The van der Waals surface area contributed by atoms with Gasteiger partial charge in [0, 0.05) is 18.0 Å². The van der Waals surface area contributed by atoms with Gasteiger partial charge >= 0.3 is 0 Å². The van der Waals surface area contributed by atoms with Gasteiger partial charge in [-0.25, -0.2) is 4.52 Å². The van der Waals surface area contributed by atoms with Gasteiger partial charge in [-0.15, -0.1) is 0 Å². The van der Waals surface area contributed by atoms with Crippen LogP contribution in [-0.2, 0) is 17.6 Å². The molecule has 8 heteroatoms. The number of aliphatic hydroxyl groups excluding tert-OH is 1. The van der Waals surface area contributed by atoms with Gasteiger partial charge in [-0.2, -0.15) is 15.3 Å². The summed E-state index contributed by atoms with van der Waals surface area (Å²) in [5, 5.41) is 23.8. The number of hydrogen-bond acceptors (Lipinski definition) is 6. The topological polar surface area (TPSA) is 105 Å². The number of aliphatic hydroxyl groups is 1. The maximum absolute atomic E-state index is 14.3. The van der Waals surface area contributed by atoms with Crippen LogP contribution in [0.4, 0.5) is 0 Å². The van der Waals surface area contributed by atoms with Crippen LogP contribution in [0.5, 0.6) is 0 Å². The summed E-state index contributed by atoms with van der Waals surface area (Å²) in [6.07, 6.45) is 5.06. The molecule has 41 heavy (non-hydrogen) atoms. The third-order valence-electron chi connectivity index (χ3n) is 8.29. The average Bonchev–Trinajstić information content (AvgIpc) is 3.36. The maximum atomic E-state index is 14.3. The Hall–Kier alpha value is -3.80. The zero-order valence-corrected chi connectivity index (χ0v) is 24.4. The smallest absolute Gasteiger partial charge is 0.259 e. The number of rotatable bonds is 9. The van der Waals surface area contributed by atoms with E-state index in [1.807, 2.05) is 71.5 Å². The van der Waals surface area contributed by atoms with E-state index in [0.717, 1.165) is 66.5 Å². The first-order valence-corrected chi connectivity index (χ1v) is 14.6. The standard InChI is InChI=1S/C33H39N5O3/c1-5-8-30-29(19-24-11-13-25(14-12-24)28-10-7-6-9-26(28)20-34)31(40)37(32-35-23(3)36-38(30)32)27-15-17-33(4,18-16-27)41-22(2)21-39/h6-7,9-14,22,27,39H,5,8,15-19,21H2,1-4H3/t22?,27-,33-. The Morgan fingerprint density at radius 2 is 1.88 bits per heavy atom. The third kappa shape index (κ3) is 5.83. The Morgan fingerprint density at radius 3 is 2.54 bits per heavy atom. The van der Waals surface area contributed by atoms with Crippen molar-refractivity contribution in [1.82, 2.24) is 19.2 Å². The van der Waals surface area contributed by atoms with Crippen LogP contribution in [0.2, 0.25) is 0 Å². The van der Waals surface area contributed by atoms with Gasteiger partial charge in [-0.05, 0) is 75.6 Å². The highest BCUT2D eigenvalue weighted by atomic mass is 16.5. The van der Waals surface area contributed by atoms with Crippen molar-refractivity contribution in [2.75, 3.05) is 6.61 Å². The van der Waals surface area contributed by atoms with Crippen LogP contribution in [0.3, 0.4) is 0 Å². The SMILES string of the molecule is CCCc1c(Cc2ccc(-c3ccccc3C#N)cc2)c(=O)n([C@H]2CC[C@](C)(OC(C)CO)CC2)c2nc(C)nn12. The minimum atomic E-state index is -0.320. The molecule has 0 saturated heterocycles. The first-order valence-electron chi connectivity index (χ1n) is 14.6. The molecule has 1 atom stereocenters. The van der Waals surface area contributed by atoms with Gasteiger partial charge in [0.15, 0.2) is 0 Å². The lowest BCUT2D eigenvalue weighted by atomic mass is 9.83. The summed E-state index contributed by atoms with van der Waals surface area (Å²) < 4.78 is 9.93. The summed E-state index contributed by atoms with van der Waals surface area (Å²) in [4.78, 5) is 19.1. The molecule has 0 radical (unpaired) electrons. The van der Waals surface area contributed by atoms with Gasteiger partial charge < -0.3 is 9.84 Å². The molecule has 8 nitrogen and oxygen atoms in total. The molecule has 1 aliphatic carbocycles. The number of ether oxygens (including phenoxy) is 1. The molecule has 0 spiro atoms. The molecule has 4 aromatic rings. The molecule has 0 aliphatic heterocycles. The Labute approximate surface area is 241 Å². The molecule has 2 aromatic carbocycles. The van der Waals surface area contributed by atoms with E-state index in [4.69, 9.17) is 14.8 Å². The van der Waals surface area contributed by atoms with Crippen molar-refractivity contribution < 1.29 is 9.84 Å². The second-order valence-electron chi connectivity index (χ2n) is 11.5. The summed E-state index contributed by atoms with van der Waals surface area (Å²) in [5.41, 5.74) is 4.91. The number of nitrogens with zero attached hydrogens (tertiary/aromatic N) is 5. The van der Waals surface area contributed by atoms with Crippen LogP contribution in [0.1, 0.15) is 87.1 Å². The predicted molar refractivity (Wildman–Crippen MR) is 159 cm³/mol. The van der Waals surface area contributed by atoms with E-state index in [1.165, 1.54) is 0 Å². The summed E-state index contributed by atoms with van der Waals surface area (Å²) in [6, 6.07) is 18.0. The number of aryl methyl sites for hydroxylation is 2. The lowest BCUT2D eigenvalue weighted by molar-refractivity contribution is -0.114. The molecule has 1 saturated carbocycles. The van der Waals surface area contributed by atoms with Crippen LogP contribution >= 0.6 is 0 Å². The monoisotopic (exact) mass is 553 g/mol. The Balaban J connectivity index is 1.52. The summed E-state index contributed by atoms with van der Waals surface area (Å²) in [6.45, 7) is 7.96. The fourth-order valence-corrected chi connectivity index (χ4v) is 6.18. The lowest BCUT2D eigenvalue weighted by Crippen LogP contribution is -2.41. The van der Waals surface area contributed by atoms with Gasteiger partial charge in [0.05, 0.1) is 35.6 Å². The van der Waals surface area contributed by atoms with Crippen molar-refractivity contribution >= 4 is 5.78 Å². The van der Waals surface area contributed by atoms with E-state index in [1.54, 1.807) is 0 Å². The van der Waals surface area contributed by atoms with Crippen molar-refractivity contribution in [2.45, 2.75) is 90.4 Å². The third-order valence-corrected chi connectivity index (χ3v) is 8.29. The van der Waals surface area contributed by atoms with Crippen LogP contribution < -0.4 is 5.56 Å². The van der Waals surface area contributed by atoms with Crippen LogP contribution in [0, 0.1) is 18.3 Å². The molecule has 1 aliphatic rings. The van der Waals surface area contributed by atoms with E-state index in [9.17, 15) is 15.2 Å². The molecule has 2 aromatic heterocycles. The fourth-order valence-electron chi connectivity index (χ4n) is 6.18. The number of fused-ring (bicyclic) bond motifs is 1. The minimum Gasteiger partial charge on any atom is -0.394 e. The predicted octanol–water partition coefficient (Wildman–Crippen LogP) is 5.55. The first-order chi connectivity index (χ1) is 19.8. The minimum absolute atomic E-state index is 0.00509. The number of hydrogen-bond donors (Lipinski definition) is 1. The van der Waals surface area contributed by atoms with Gasteiger partial charge in [0.25, 0.3) is 5.56 Å². The molecule has 2 heterocycles. The summed E-state index contributed by atoms with van der Waals surface area (Å²) in [5.74, 6) is 1.26. The van der Waals surface area contributed by atoms with Crippen molar-refractivity contribution in [2.24, 2.45) is 0 Å². The van der Waals surface area contributed by atoms with Crippen molar-refractivity contribution in [1.29, 1.82) is 5.26 Å². The highest BCUT2D eigenvalue weighted by molar-refractivity contribution is 5.70. The largest absolute Gasteiger partial charge is 0.394 e. The number of benzene rings is 2. The van der Waals surface area contributed by atoms with Gasteiger partial charge in [0.1, 0.15) is 5.82 Å². The summed E-state index contributed by atoms with van der Waals surface area (Å²) in [7, 11) is 0. The van der Waals surface area contributed by atoms with Gasteiger partial charge in [0.2, 0.25) is 5.78 Å². The quantitative estimate of drug-likeness (QED) is 0.291. The molecular weight excluding hydrogens is 514 g/mol.